The molecule has 1 aliphatic carbocycles. The third-order valence-corrected chi connectivity index (χ3v) is 5.28. The molecule has 0 radical (unpaired) electrons. The van der Waals surface area contributed by atoms with Gasteiger partial charge in [0.25, 0.3) is 0 Å². The van der Waals surface area contributed by atoms with Crippen molar-refractivity contribution in [2.75, 3.05) is 13.1 Å². The van der Waals surface area contributed by atoms with Crippen LogP contribution in [0.5, 0.6) is 0 Å². The van der Waals surface area contributed by atoms with Gasteiger partial charge in [-0.2, -0.15) is 0 Å². The van der Waals surface area contributed by atoms with Crippen LogP contribution in [0, 0.1) is 0 Å². The second kappa shape index (κ2) is 7.15. The van der Waals surface area contributed by atoms with Crippen molar-refractivity contribution in [3.05, 3.63) is 34.9 Å². The Labute approximate surface area is 134 Å². The van der Waals surface area contributed by atoms with E-state index in [1.54, 1.807) is 0 Å². The molecule has 1 saturated carbocycles. The fraction of sp³-hybridized carbons (Fsp3) is 0.647. The molecule has 112 valence electrons. The Bertz CT molecular complexity index is 404. The van der Waals surface area contributed by atoms with E-state index < -0.39 is 0 Å². The first kappa shape index (κ1) is 16.1. The van der Waals surface area contributed by atoms with Crippen LogP contribution in [0.3, 0.4) is 0 Å². The summed E-state index contributed by atoms with van der Waals surface area (Å²) in [6.07, 6.45) is 11.0. The highest BCUT2D eigenvalue weighted by molar-refractivity contribution is 6.30. The van der Waals surface area contributed by atoms with Crippen molar-refractivity contribution in [3.63, 3.8) is 0 Å². The number of halogens is 2. The van der Waals surface area contributed by atoms with Gasteiger partial charge in [-0.25, -0.2) is 0 Å². The Morgan fingerprint density at radius 2 is 1.35 bits per heavy atom. The molecule has 1 saturated heterocycles. The van der Waals surface area contributed by atoms with Crippen LogP contribution in [0.1, 0.15) is 56.9 Å². The summed E-state index contributed by atoms with van der Waals surface area (Å²) in [6.45, 7) is 2.56. The quantitative estimate of drug-likeness (QED) is 0.706. The lowest BCUT2D eigenvalue weighted by molar-refractivity contribution is 0.0303. The lowest BCUT2D eigenvalue weighted by Crippen LogP contribution is -2.49. The fourth-order valence-corrected chi connectivity index (χ4v) is 4.13. The van der Waals surface area contributed by atoms with Gasteiger partial charge in [0.15, 0.2) is 0 Å². The van der Waals surface area contributed by atoms with Crippen molar-refractivity contribution < 1.29 is 0 Å². The van der Waals surface area contributed by atoms with Crippen molar-refractivity contribution >= 4 is 24.0 Å². The van der Waals surface area contributed by atoms with E-state index >= 15 is 0 Å². The Morgan fingerprint density at radius 3 is 1.95 bits per heavy atom. The lowest BCUT2D eigenvalue weighted by atomic mass is 9.74. The SMILES string of the molecule is Cl.Clc1ccc(C2(N3CCCCC3)CCCCC2)cc1. The summed E-state index contributed by atoms with van der Waals surface area (Å²) in [5.74, 6) is 0. The molecule has 2 fully saturated rings. The normalized spacial score (nSPS) is 23.1. The second-order valence-corrected chi connectivity index (χ2v) is 6.58. The molecule has 3 heteroatoms. The van der Waals surface area contributed by atoms with Crippen molar-refractivity contribution in [2.45, 2.75) is 56.9 Å². The summed E-state index contributed by atoms with van der Waals surface area (Å²) in [5.41, 5.74) is 1.81. The smallest absolute Gasteiger partial charge is 0.0460 e. The van der Waals surface area contributed by atoms with Gasteiger partial charge in [0, 0.05) is 10.6 Å². The van der Waals surface area contributed by atoms with Gasteiger partial charge >= 0.3 is 0 Å². The highest BCUT2D eigenvalue weighted by Gasteiger charge is 2.39. The van der Waals surface area contributed by atoms with E-state index in [1.807, 2.05) is 0 Å². The Balaban J connectivity index is 0.00000147. The van der Waals surface area contributed by atoms with E-state index in [4.69, 9.17) is 11.6 Å². The summed E-state index contributed by atoms with van der Waals surface area (Å²) in [4.78, 5) is 2.78. The molecule has 0 N–H and O–H groups in total. The molecule has 1 aromatic carbocycles. The number of piperidine rings is 1. The fourth-order valence-electron chi connectivity index (χ4n) is 4.01. The molecule has 1 aliphatic heterocycles. The van der Waals surface area contributed by atoms with Gasteiger partial charge in [-0.1, -0.05) is 49.4 Å². The summed E-state index contributed by atoms with van der Waals surface area (Å²) < 4.78 is 0. The first-order chi connectivity index (χ1) is 9.31. The third-order valence-electron chi connectivity index (χ3n) is 5.02. The maximum absolute atomic E-state index is 6.07. The van der Waals surface area contributed by atoms with Gasteiger partial charge < -0.3 is 0 Å². The van der Waals surface area contributed by atoms with Crippen LogP contribution in [0.15, 0.2) is 24.3 Å². The average molecular weight is 314 g/mol. The Kier molecular flexibility index (Phi) is 5.77. The predicted molar refractivity (Wildman–Crippen MR) is 88.9 cm³/mol. The zero-order valence-corrected chi connectivity index (χ0v) is 13.7. The van der Waals surface area contributed by atoms with Crippen molar-refractivity contribution in [3.8, 4) is 0 Å². The molecular formula is C17H25Cl2N. The molecule has 0 aromatic heterocycles. The molecule has 1 aromatic rings. The van der Waals surface area contributed by atoms with E-state index in [9.17, 15) is 0 Å². The lowest BCUT2D eigenvalue weighted by Gasteiger charge is -2.48. The molecule has 0 unspecified atom stereocenters. The predicted octanol–water partition coefficient (Wildman–Crippen LogP) is 5.41. The van der Waals surface area contributed by atoms with Crippen molar-refractivity contribution in [2.24, 2.45) is 0 Å². The topological polar surface area (TPSA) is 3.24 Å². The van der Waals surface area contributed by atoms with Crippen LogP contribution in [0.2, 0.25) is 5.02 Å². The first-order valence-corrected chi connectivity index (χ1v) is 8.20. The highest BCUT2D eigenvalue weighted by atomic mass is 35.5. The number of likely N-dealkylation sites (tertiary alicyclic amines) is 1. The van der Waals surface area contributed by atoms with Gasteiger partial charge in [0.2, 0.25) is 0 Å². The summed E-state index contributed by atoms with van der Waals surface area (Å²) in [6, 6.07) is 8.67. The minimum atomic E-state index is 0. The van der Waals surface area contributed by atoms with Crippen molar-refractivity contribution in [1.29, 1.82) is 0 Å². The molecule has 0 bridgehead atoms. The number of nitrogens with zero attached hydrogens (tertiary/aromatic N) is 1. The van der Waals surface area contributed by atoms with E-state index in [1.165, 1.54) is 70.0 Å². The molecule has 3 rings (SSSR count). The first-order valence-electron chi connectivity index (χ1n) is 7.82. The Morgan fingerprint density at radius 1 is 0.800 bits per heavy atom. The van der Waals surface area contributed by atoms with Crippen LogP contribution < -0.4 is 0 Å². The number of hydrogen-bond acceptors (Lipinski definition) is 1. The number of hydrogen-bond donors (Lipinski definition) is 0. The van der Waals surface area contributed by atoms with Gasteiger partial charge in [0.1, 0.15) is 0 Å². The van der Waals surface area contributed by atoms with Crippen LogP contribution >= 0.6 is 24.0 Å². The monoisotopic (exact) mass is 313 g/mol. The van der Waals surface area contributed by atoms with E-state index in [0.717, 1.165) is 5.02 Å². The molecule has 0 amide bonds. The summed E-state index contributed by atoms with van der Waals surface area (Å²) in [7, 11) is 0. The van der Waals surface area contributed by atoms with Crippen molar-refractivity contribution in [1.82, 2.24) is 4.90 Å². The highest BCUT2D eigenvalue weighted by Crippen LogP contribution is 2.43. The van der Waals surface area contributed by atoms with Gasteiger partial charge in [0.05, 0.1) is 0 Å². The molecule has 0 spiro atoms. The minimum Gasteiger partial charge on any atom is -0.294 e. The van der Waals surface area contributed by atoms with Gasteiger partial charge in [-0.15, -0.1) is 12.4 Å². The molecule has 1 heterocycles. The van der Waals surface area contributed by atoms with E-state index in [-0.39, 0.29) is 12.4 Å². The third kappa shape index (κ3) is 3.16. The van der Waals surface area contributed by atoms with Gasteiger partial charge in [-0.05, 0) is 56.5 Å². The number of benzene rings is 1. The Hall–Kier alpha value is -0.240. The standard InChI is InChI=1S/C17H24ClN.ClH/c18-16-9-7-15(8-10-16)17(11-3-1-4-12-17)19-13-5-2-6-14-19;/h7-10H,1-6,11-14H2;1H. The zero-order valence-electron chi connectivity index (χ0n) is 12.1. The van der Waals surface area contributed by atoms with Gasteiger partial charge in [-0.3, -0.25) is 4.90 Å². The molecule has 0 atom stereocenters. The maximum atomic E-state index is 6.07. The number of rotatable bonds is 2. The zero-order chi connectivity index (χ0) is 13.1. The average Bonchev–Trinajstić information content (AvgIpc) is 2.49. The molecule has 2 aliphatic rings. The van der Waals surface area contributed by atoms with Crippen LogP contribution in [0.4, 0.5) is 0 Å². The second-order valence-electron chi connectivity index (χ2n) is 6.15. The van der Waals surface area contributed by atoms with E-state index in [2.05, 4.69) is 29.2 Å². The molecule has 1 nitrogen and oxygen atoms in total. The molecular weight excluding hydrogens is 289 g/mol. The van der Waals surface area contributed by atoms with Crippen LogP contribution in [0.25, 0.3) is 0 Å². The van der Waals surface area contributed by atoms with E-state index in [0.29, 0.717) is 5.54 Å². The van der Waals surface area contributed by atoms with Crippen LogP contribution in [-0.4, -0.2) is 18.0 Å². The largest absolute Gasteiger partial charge is 0.294 e. The van der Waals surface area contributed by atoms with Crippen LogP contribution in [-0.2, 0) is 5.54 Å². The molecule has 20 heavy (non-hydrogen) atoms. The maximum Gasteiger partial charge on any atom is 0.0460 e. The summed E-state index contributed by atoms with van der Waals surface area (Å²) >= 11 is 6.07. The summed E-state index contributed by atoms with van der Waals surface area (Å²) in [5, 5.41) is 0.855. The minimum absolute atomic E-state index is 0.